The van der Waals surface area contributed by atoms with Gasteiger partial charge in [-0.2, -0.15) is 0 Å². The number of benzene rings is 1. The summed E-state index contributed by atoms with van der Waals surface area (Å²) in [6.07, 6.45) is 0. The topological polar surface area (TPSA) is 71.5 Å². The Bertz CT molecular complexity index is 554. The number of anilines is 1. The highest BCUT2D eigenvalue weighted by atomic mass is 32.1. The highest BCUT2D eigenvalue weighted by Gasteiger charge is 2.13. The van der Waals surface area contributed by atoms with Crippen LogP contribution in [0.1, 0.15) is 15.4 Å². The van der Waals surface area contributed by atoms with E-state index in [1.165, 1.54) is 11.3 Å². The molecule has 0 spiro atoms. The van der Waals surface area contributed by atoms with Gasteiger partial charge in [-0.25, -0.2) is 9.78 Å². The highest BCUT2D eigenvalue weighted by Crippen LogP contribution is 2.21. The van der Waals surface area contributed by atoms with E-state index in [4.69, 9.17) is 9.84 Å². The number of aromatic carboxylic acids is 1. The molecule has 6 heteroatoms. The number of thiazole rings is 1. The monoisotopic (exact) mass is 278 g/mol. The van der Waals surface area contributed by atoms with Crippen LogP contribution in [-0.4, -0.2) is 29.2 Å². The number of nitrogens with zero attached hydrogens (tertiary/aromatic N) is 1. The van der Waals surface area contributed by atoms with E-state index in [0.717, 1.165) is 5.75 Å². The molecule has 0 bridgehead atoms. The molecule has 0 radical (unpaired) electrons. The summed E-state index contributed by atoms with van der Waals surface area (Å²) in [5.74, 6) is -0.187. The van der Waals surface area contributed by atoms with Crippen molar-refractivity contribution in [1.82, 2.24) is 4.98 Å². The number of carboxylic acids is 1. The van der Waals surface area contributed by atoms with Crippen molar-refractivity contribution >= 4 is 22.4 Å². The van der Waals surface area contributed by atoms with Crippen LogP contribution < -0.4 is 10.1 Å². The van der Waals surface area contributed by atoms with Crippen LogP contribution in [0.5, 0.6) is 5.75 Å². The van der Waals surface area contributed by atoms with Crippen molar-refractivity contribution in [2.75, 3.05) is 18.5 Å². The third kappa shape index (κ3) is 3.69. The first-order chi connectivity index (χ1) is 9.16. The van der Waals surface area contributed by atoms with Gasteiger partial charge in [0, 0.05) is 4.88 Å². The van der Waals surface area contributed by atoms with E-state index in [1.54, 1.807) is 6.92 Å². The number of carboxylic acid groups (broad SMARTS) is 1. The van der Waals surface area contributed by atoms with Gasteiger partial charge in [0.1, 0.15) is 12.4 Å². The molecule has 0 fully saturated rings. The van der Waals surface area contributed by atoms with Gasteiger partial charge in [-0.3, -0.25) is 0 Å². The SMILES string of the molecule is Cc1sc(NCCOc2ccccc2)nc1C(=O)O. The second-order valence-corrected chi connectivity index (χ2v) is 5.02. The van der Waals surface area contributed by atoms with Crippen molar-refractivity contribution in [2.24, 2.45) is 0 Å². The molecule has 2 N–H and O–H groups in total. The molecule has 5 nitrogen and oxygen atoms in total. The van der Waals surface area contributed by atoms with Gasteiger partial charge >= 0.3 is 5.97 Å². The van der Waals surface area contributed by atoms with Gasteiger partial charge < -0.3 is 15.2 Å². The predicted molar refractivity (Wildman–Crippen MR) is 74.2 cm³/mol. The van der Waals surface area contributed by atoms with Crippen LogP contribution in [0.25, 0.3) is 0 Å². The lowest BCUT2D eigenvalue weighted by atomic mass is 10.3. The summed E-state index contributed by atoms with van der Waals surface area (Å²) in [4.78, 5) is 15.5. The van der Waals surface area contributed by atoms with Crippen molar-refractivity contribution < 1.29 is 14.6 Å². The van der Waals surface area contributed by atoms with Gasteiger partial charge in [-0.05, 0) is 19.1 Å². The number of nitrogens with one attached hydrogen (secondary N) is 1. The van der Waals surface area contributed by atoms with Crippen LogP contribution in [0.3, 0.4) is 0 Å². The minimum atomic E-state index is -0.998. The minimum absolute atomic E-state index is 0.108. The van der Waals surface area contributed by atoms with Crippen molar-refractivity contribution in [3.05, 3.63) is 40.9 Å². The summed E-state index contributed by atoms with van der Waals surface area (Å²) in [7, 11) is 0. The minimum Gasteiger partial charge on any atom is -0.492 e. The largest absolute Gasteiger partial charge is 0.492 e. The molecule has 2 aromatic rings. The molecule has 1 aromatic carbocycles. The van der Waals surface area contributed by atoms with Gasteiger partial charge in [-0.1, -0.05) is 18.2 Å². The number of hydrogen-bond donors (Lipinski definition) is 2. The fourth-order valence-electron chi connectivity index (χ4n) is 1.51. The third-order valence-corrected chi connectivity index (χ3v) is 3.32. The predicted octanol–water partition coefficient (Wildman–Crippen LogP) is 2.64. The van der Waals surface area contributed by atoms with E-state index < -0.39 is 5.97 Å². The maximum atomic E-state index is 10.8. The summed E-state index contributed by atoms with van der Waals surface area (Å²) >= 11 is 1.33. The Hall–Kier alpha value is -2.08. The first kappa shape index (κ1) is 13.4. The Balaban J connectivity index is 1.80. The van der Waals surface area contributed by atoms with Gasteiger partial charge in [0.15, 0.2) is 10.8 Å². The molecule has 0 aliphatic rings. The lowest BCUT2D eigenvalue weighted by Gasteiger charge is -2.06. The Labute approximate surface area is 114 Å². The molecule has 0 aliphatic heterocycles. The number of para-hydroxylation sites is 1. The third-order valence-electron chi connectivity index (χ3n) is 2.39. The molecule has 0 saturated heterocycles. The number of rotatable bonds is 6. The maximum Gasteiger partial charge on any atom is 0.355 e. The summed E-state index contributed by atoms with van der Waals surface area (Å²) in [5.41, 5.74) is 0.108. The molecule has 0 unspecified atom stereocenters. The van der Waals surface area contributed by atoms with Crippen LogP contribution in [0.15, 0.2) is 30.3 Å². The highest BCUT2D eigenvalue weighted by molar-refractivity contribution is 7.15. The summed E-state index contributed by atoms with van der Waals surface area (Å²) in [6, 6.07) is 9.52. The lowest BCUT2D eigenvalue weighted by molar-refractivity contribution is 0.0690. The van der Waals surface area contributed by atoms with Crippen LogP contribution in [0, 0.1) is 6.92 Å². The first-order valence-corrected chi connectivity index (χ1v) is 6.61. The van der Waals surface area contributed by atoms with E-state index in [1.807, 2.05) is 30.3 Å². The Morgan fingerprint density at radius 1 is 1.42 bits per heavy atom. The molecular formula is C13H14N2O3S. The first-order valence-electron chi connectivity index (χ1n) is 5.79. The fraction of sp³-hybridized carbons (Fsp3) is 0.231. The molecule has 0 saturated carbocycles. The van der Waals surface area contributed by atoms with Crippen molar-refractivity contribution in [1.29, 1.82) is 0 Å². The van der Waals surface area contributed by atoms with Gasteiger partial charge in [0.25, 0.3) is 0 Å². The molecule has 100 valence electrons. The molecule has 0 atom stereocenters. The van der Waals surface area contributed by atoms with E-state index in [2.05, 4.69) is 10.3 Å². The second-order valence-electron chi connectivity index (χ2n) is 3.82. The maximum absolute atomic E-state index is 10.8. The van der Waals surface area contributed by atoms with E-state index >= 15 is 0 Å². The van der Waals surface area contributed by atoms with E-state index in [0.29, 0.717) is 23.2 Å². The number of hydrogen-bond acceptors (Lipinski definition) is 5. The molecule has 1 aromatic heterocycles. The van der Waals surface area contributed by atoms with Gasteiger partial charge in [0.05, 0.1) is 6.54 Å². The zero-order chi connectivity index (χ0) is 13.7. The van der Waals surface area contributed by atoms with Gasteiger partial charge in [0.2, 0.25) is 0 Å². The second kappa shape index (κ2) is 6.19. The van der Waals surface area contributed by atoms with Gasteiger partial charge in [-0.15, -0.1) is 11.3 Å². The van der Waals surface area contributed by atoms with Crippen molar-refractivity contribution in [3.63, 3.8) is 0 Å². The molecule has 0 amide bonds. The lowest BCUT2D eigenvalue weighted by Crippen LogP contribution is -2.11. The smallest absolute Gasteiger partial charge is 0.355 e. The normalized spacial score (nSPS) is 10.2. The van der Waals surface area contributed by atoms with Crippen LogP contribution in [0.2, 0.25) is 0 Å². The number of aromatic nitrogens is 1. The van der Waals surface area contributed by atoms with Crippen LogP contribution in [-0.2, 0) is 0 Å². The Morgan fingerprint density at radius 3 is 2.79 bits per heavy atom. The quantitative estimate of drug-likeness (QED) is 0.795. The molecule has 1 heterocycles. The standard InChI is InChI=1S/C13H14N2O3S/c1-9-11(12(16)17)15-13(19-9)14-7-8-18-10-5-3-2-4-6-10/h2-6H,7-8H2,1H3,(H,14,15)(H,16,17). The zero-order valence-corrected chi connectivity index (χ0v) is 11.2. The summed E-state index contributed by atoms with van der Waals surface area (Å²) in [6.45, 7) is 2.80. The van der Waals surface area contributed by atoms with Crippen LogP contribution >= 0.6 is 11.3 Å². The van der Waals surface area contributed by atoms with E-state index in [9.17, 15) is 4.79 Å². The zero-order valence-electron chi connectivity index (χ0n) is 10.4. The Kier molecular flexibility index (Phi) is 4.35. The fourth-order valence-corrected chi connectivity index (χ4v) is 2.34. The molecular weight excluding hydrogens is 264 g/mol. The summed E-state index contributed by atoms with van der Waals surface area (Å²) in [5, 5.41) is 12.5. The number of aryl methyl sites for hydroxylation is 1. The molecule has 19 heavy (non-hydrogen) atoms. The van der Waals surface area contributed by atoms with Crippen LogP contribution in [0.4, 0.5) is 5.13 Å². The molecule has 2 rings (SSSR count). The van der Waals surface area contributed by atoms with Crippen molar-refractivity contribution in [3.8, 4) is 5.75 Å². The average Bonchev–Trinajstić information content (AvgIpc) is 2.77. The number of carbonyl (C=O) groups is 1. The Morgan fingerprint density at radius 2 is 2.16 bits per heavy atom. The number of ether oxygens (including phenoxy) is 1. The van der Waals surface area contributed by atoms with Crippen molar-refractivity contribution in [2.45, 2.75) is 6.92 Å². The average molecular weight is 278 g/mol. The molecule has 0 aliphatic carbocycles. The van der Waals surface area contributed by atoms with E-state index in [-0.39, 0.29) is 5.69 Å². The summed E-state index contributed by atoms with van der Waals surface area (Å²) < 4.78 is 5.51.